The fraction of sp³-hybridized carbons (Fsp3) is 0.580. The van der Waals surface area contributed by atoms with Gasteiger partial charge in [-0.1, -0.05) is 74.9 Å². The zero-order valence-electron chi connectivity index (χ0n) is 35.1. The van der Waals surface area contributed by atoms with Crippen LogP contribution in [-0.2, 0) is 17.8 Å². The summed E-state index contributed by atoms with van der Waals surface area (Å²) in [5.74, 6) is 2.54. The molecule has 4 fully saturated rings. The quantitative estimate of drug-likeness (QED) is 0.118. The van der Waals surface area contributed by atoms with E-state index < -0.39 is 23.2 Å². The van der Waals surface area contributed by atoms with E-state index in [4.69, 9.17) is 9.47 Å². The number of ketones is 1. The number of benzene rings is 3. The SMILES string of the molecule is COc1ccc(C(=O)c2cc3ccc2C2CCC(O)(CN(CC(O)COCc4ccccc4)CC4CCC5CC4C5(C)C)C2(C)CCC=C(C)CCC(O)C3)cc1. The van der Waals surface area contributed by atoms with E-state index >= 15 is 0 Å². The van der Waals surface area contributed by atoms with Crippen molar-refractivity contribution in [1.82, 2.24) is 4.90 Å². The molecular formula is C50H67NO6. The first kappa shape index (κ1) is 41.8. The first-order chi connectivity index (χ1) is 27.3. The Balaban J connectivity index is 1.21. The van der Waals surface area contributed by atoms with Crippen molar-refractivity contribution in [2.75, 3.05) is 33.4 Å². The van der Waals surface area contributed by atoms with Crippen molar-refractivity contribution >= 4 is 5.78 Å². The average Bonchev–Trinajstić information content (AvgIpc) is 3.45. The molecule has 6 aliphatic carbocycles. The minimum Gasteiger partial charge on any atom is -0.497 e. The number of hydrogen-bond donors (Lipinski definition) is 3. The van der Waals surface area contributed by atoms with Crippen LogP contribution in [0.4, 0.5) is 0 Å². The molecule has 8 atom stereocenters. The van der Waals surface area contributed by atoms with Crippen LogP contribution < -0.4 is 4.74 Å². The van der Waals surface area contributed by atoms with Gasteiger partial charge in [0.15, 0.2) is 5.78 Å². The van der Waals surface area contributed by atoms with Gasteiger partial charge in [0.25, 0.3) is 0 Å². The summed E-state index contributed by atoms with van der Waals surface area (Å²) < 4.78 is 11.4. The van der Waals surface area contributed by atoms with Crippen LogP contribution in [0.25, 0.3) is 0 Å². The topological polar surface area (TPSA) is 99.5 Å². The predicted octanol–water partition coefficient (Wildman–Crippen LogP) is 8.92. The van der Waals surface area contributed by atoms with Crippen molar-refractivity contribution in [1.29, 1.82) is 0 Å². The largest absolute Gasteiger partial charge is 0.497 e. The molecule has 3 aromatic carbocycles. The first-order valence-electron chi connectivity index (χ1n) is 21.7. The van der Waals surface area contributed by atoms with Crippen molar-refractivity contribution in [2.45, 2.75) is 122 Å². The van der Waals surface area contributed by atoms with Crippen LogP contribution in [0.15, 0.2) is 84.4 Å². The Morgan fingerprint density at radius 3 is 2.46 bits per heavy atom. The molecule has 3 N–H and O–H groups in total. The van der Waals surface area contributed by atoms with E-state index in [0.717, 1.165) is 54.8 Å². The van der Waals surface area contributed by atoms with Crippen LogP contribution >= 0.6 is 0 Å². The van der Waals surface area contributed by atoms with Gasteiger partial charge in [0.05, 0.1) is 38.1 Å². The molecule has 57 heavy (non-hydrogen) atoms. The van der Waals surface area contributed by atoms with Crippen molar-refractivity contribution in [3.8, 4) is 5.75 Å². The smallest absolute Gasteiger partial charge is 0.193 e. The molecule has 0 aromatic heterocycles. The lowest BCUT2D eigenvalue weighted by Gasteiger charge is -2.61. The molecule has 6 aliphatic rings. The summed E-state index contributed by atoms with van der Waals surface area (Å²) in [7, 11) is 1.62. The predicted molar refractivity (Wildman–Crippen MR) is 226 cm³/mol. The van der Waals surface area contributed by atoms with Crippen molar-refractivity contribution in [2.24, 2.45) is 28.6 Å². The third-order valence-electron chi connectivity index (χ3n) is 15.1. The summed E-state index contributed by atoms with van der Waals surface area (Å²) in [4.78, 5) is 16.9. The minimum absolute atomic E-state index is 0.0522. The lowest BCUT2D eigenvalue weighted by atomic mass is 9.45. The summed E-state index contributed by atoms with van der Waals surface area (Å²) in [6.45, 7) is 11.7. The van der Waals surface area contributed by atoms with Gasteiger partial charge in [-0.2, -0.15) is 0 Å². The number of ether oxygens (including phenoxy) is 2. The van der Waals surface area contributed by atoms with E-state index in [-0.39, 0.29) is 18.3 Å². The summed E-state index contributed by atoms with van der Waals surface area (Å²) in [5, 5.41) is 35.9. The molecule has 0 amide bonds. The van der Waals surface area contributed by atoms with Gasteiger partial charge in [-0.05, 0) is 147 Å². The monoisotopic (exact) mass is 777 g/mol. The van der Waals surface area contributed by atoms with Crippen molar-refractivity contribution in [3.05, 3.63) is 112 Å². The number of nitrogens with zero attached hydrogens (tertiary/aromatic N) is 1. The molecule has 7 nitrogen and oxygen atoms in total. The van der Waals surface area contributed by atoms with Gasteiger partial charge in [0.2, 0.25) is 0 Å². The van der Waals surface area contributed by atoms with Gasteiger partial charge in [-0.25, -0.2) is 0 Å². The number of carbonyl (C=O) groups is 1. The normalized spacial score (nSPS) is 30.2. The van der Waals surface area contributed by atoms with Gasteiger partial charge < -0.3 is 24.8 Å². The molecule has 9 rings (SSSR count). The maximum atomic E-state index is 14.5. The van der Waals surface area contributed by atoms with Crippen LogP contribution in [0.5, 0.6) is 5.75 Å². The molecule has 0 aliphatic heterocycles. The van der Waals surface area contributed by atoms with E-state index in [1.165, 1.54) is 24.8 Å². The molecule has 0 radical (unpaired) electrons. The lowest BCUT2D eigenvalue weighted by Crippen LogP contribution is -2.58. The Bertz CT molecular complexity index is 1850. The highest BCUT2D eigenvalue weighted by Gasteiger charge is 2.58. The molecule has 0 spiro atoms. The highest BCUT2D eigenvalue weighted by molar-refractivity contribution is 6.10. The van der Waals surface area contributed by atoms with E-state index in [9.17, 15) is 20.1 Å². The zero-order valence-corrected chi connectivity index (χ0v) is 35.1. The molecule has 4 saturated carbocycles. The van der Waals surface area contributed by atoms with Crippen molar-refractivity contribution < 1.29 is 29.6 Å². The van der Waals surface area contributed by atoms with Crippen LogP contribution in [0, 0.1) is 28.6 Å². The van der Waals surface area contributed by atoms with Crippen LogP contribution in [-0.4, -0.2) is 77.2 Å². The number of carbonyl (C=O) groups excluding carboxylic acids is 1. The molecule has 8 unspecified atom stereocenters. The van der Waals surface area contributed by atoms with Crippen LogP contribution in [0.3, 0.4) is 0 Å². The molecule has 0 heterocycles. The highest BCUT2D eigenvalue weighted by Crippen LogP contribution is 2.62. The standard InChI is InChI=1S/C50H67NO6/c1-34-10-9-24-49(4)45(43-22-14-36(26-40(52)19-13-34)27-44(43)47(54)37-16-20-42(56-5)21-17-37)23-25-50(49,55)33-51(29-38-15-18-39-28-46(38)48(39,2)3)30-41(53)32-57-31-35-11-7-6-8-12-35/h6-8,10-12,14,16-17,20-22,27,38-41,45-46,52-53,55H,9,13,15,18-19,23-26,28-33H2,1-5H3. The summed E-state index contributed by atoms with van der Waals surface area (Å²) in [5.41, 5.74) is 4.20. The second kappa shape index (κ2) is 17.5. The summed E-state index contributed by atoms with van der Waals surface area (Å²) in [6.07, 6.45) is 9.66. The number of aliphatic hydroxyl groups is 3. The summed E-state index contributed by atoms with van der Waals surface area (Å²) >= 11 is 0. The zero-order chi connectivity index (χ0) is 40.4. The number of rotatable bonds is 13. The maximum Gasteiger partial charge on any atom is 0.193 e. The third-order valence-corrected chi connectivity index (χ3v) is 15.1. The number of fused-ring (bicyclic) bond motifs is 10. The number of methoxy groups -OCH3 is 1. The van der Waals surface area contributed by atoms with E-state index in [1.807, 2.05) is 60.7 Å². The second-order valence-electron chi connectivity index (χ2n) is 19.1. The molecule has 4 bridgehead atoms. The van der Waals surface area contributed by atoms with E-state index in [2.05, 4.69) is 50.8 Å². The Labute approximate surface area is 341 Å². The Morgan fingerprint density at radius 2 is 1.74 bits per heavy atom. The Morgan fingerprint density at radius 1 is 0.965 bits per heavy atom. The number of allylic oxidation sites excluding steroid dienone is 2. The highest BCUT2D eigenvalue weighted by atomic mass is 16.5. The maximum absolute atomic E-state index is 14.5. The Hall–Kier alpha value is -3.33. The fourth-order valence-electron chi connectivity index (χ4n) is 11.4. The van der Waals surface area contributed by atoms with Gasteiger partial charge in [0, 0.05) is 36.2 Å². The lowest BCUT2D eigenvalue weighted by molar-refractivity contribution is -0.127. The van der Waals surface area contributed by atoms with E-state index in [1.54, 1.807) is 7.11 Å². The molecule has 3 aromatic rings. The molecular weight excluding hydrogens is 711 g/mol. The fourth-order valence-corrected chi connectivity index (χ4v) is 11.4. The van der Waals surface area contributed by atoms with E-state index in [0.29, 0.717) is 73.1 Å². The second-order valence-corrected chi connectivity index (χ2v) is 19.1. The third kappa shape index (κ3) is 8.99. The number of aliphatic hydroxyl groups excluding tert-OH is 2. The first-order valence-corrected chi connectivity index (χ1v) is 21.7. The summed E-state index contributed by atoms with van der Waals surface area (Å²) in [6, 6.07) is 23.6. The van der Waals surface area contributed by atoms with Gasteiger partial charge in [-0.3, -0.25) is 9.69 Å². The molecule has 0 saturated heterocycles. The average molecular weight is 778 g/mol. The van der Waals surface area contributed by atoms with Gasteiger partial charge in [-0.15, -0.1) is 0 Å². The van der Waals surface area contributed by atoms with Gasteiger partial charge >= 0.3 is 0 Å². The van der Waals surface area contributed by atoms with Crippen molar-refractivity contribution in [3.63, 3.8) is 0 Å². The molecule has 7 heteroatoms. The van der Waals surface area contributed by atoms with Crippen LogP contribution in [0.1, 0.15) is 124 Å². The van der Waals surface area contributed by atoms with Crippen LogP contribution in [0.2, 0.25) is 0 Å². The number of hydrogen-bond acceptors (Lipinski definition) is 7. The molecule has 308 valence electrons. The Kier molecular flexibility index (Phi) is 12.8. The van der Waals surface area contributed by atoms with Gasteiger partial charge in [0.1, 0.15) is 5.75 Å². The minimum atomic E-state index is -1.07.